The normalized spacial score (nSPS) is 12.7. The highest BCUT2D eigenvalue weighted by molar-refractivity contribution is 5.77. The number of benzene rings is 1. The number of aromatic nitrogens is 1. The van der Waals surface area contributed by atoms with E-state index in [9.17, 15) is 5.11 Å². The standard InChI is InChI=1S/C16H15NO2/c1-2-11-10-17-8-7-13(11)16(18)15-9-12-5-3-4-6-14(12)19-15/h3-10,16,18H,2H2,1H3. The Hall–Kier alpha value is -2.13. The summed E-state index contributed by atoms with van der Waals surface area (Å²) in [5, 5.41) is 11.5. The lowest BCUT2D eigenvalue weighted by Gasteiger charge is -2.11. The van der Waals surface area contributed by atoms with Gasteiger partial charge in [-0.05, 0) is 35.7 Å². The fraction of sp³-hybridized carbons (Fsp3) is 0.188. The maximum Gasteiger partial charge on any atom is 0.138 e. The summed E-state index contributed by atoms with van der Waals surface area (Å²) >= 11 is 0. The van der Waals surface area contributed by atoms with E-state index in [1.54, 1.807) is 12.4 Å². The maximum absolute atomic E-state index is 10.5. The van der Waals surface area contributed by atoms with Gasteiger partial charge in [0.2, 0.25) is 0 Å². The van der Waals surface area contributed by atoms with Crippen LogP contribution < -0.4 is 0 Å². The smallest absolute Gasteiger partial charge is 0.138 e. The summed E-state index contributed by atoms with van der Waals surface area (Å²) in [7, 11) is 0. The molecule has 0 aliphatic heterocycles. The SMILES string of the molecule is CCc1cnccc1C(O)c1cc2ccccc2o1. The van der Waals surface area contributed by atoms with Crippen molar-refractivity contribution in [1.29, 1.82) is 0 Å². The number of nitrogens with zero attached hydrogens (tertiary/aromatic N) is 1. The van der Waals surface area contributed by atoms with Gasteiger partial charge in [0.1, 0.15) is 17.4 Å². The third-order valence-electron chi connectivity index (χ3n) is 3.33. The fourth-order valence-electron chi connectivity index (χ4n) is 2.29. The van der Waals surface area contributed by atoms with Crippen LogP contribution >= 0.6 is 0 Å². The average molecular weight is 253 g/mol. The summed E-state index contributed by atoms with van der Waals surface area (Å²) in [5.74, 6) is 0.571. The Balaban J connectivity index is 2.05. The molecule has 0 spiro atoms. The van der Waals surface area contributed by atoms with Gasteiger partial charge < -0.3 is 9.52 Å². The number of hydrogen-bond acceptors (Lipinski definition) is 3. The lowest BCUT2D eigenvalue weighted by Crippen LogP contribution is -2.02. The van der Waals surface area contributed by atoms with Crippen molar-refractivity contribution < 1.29 is 9.52 Å². The van der Waals surface area contributed by atoms with E-state index in [2.05, 4.69) is 4.98 Å². The van der Waals surface area contributed by atoms with Crippen molar-refractivity contribution >= 4 is 11.0 Å². The van der Waals surface area contributed by atoms with Crippen LogP contribution in [-0.2, 0) is 6.42 Å². The highest BCUT2D eigenvalue weighted by atomic mass is 16.4. The van der Waals surface area contributed by atoms with Gasteiger partial charge in [0.05, 0.1) is 0 Å². The van der Waals surface area contributed by atoms with Crippen molar-refractivity contribution in [2.75, 3.05) is 0 Å². The third-order valence-corrected chi connectivity index (χ3v) is 3.33. The molecule has 0 saturated heterocycles. The second-order valence-corrected chi connectivity index (χ2v) is 4.52. The summed E-state index contributed by atoms with van der Waals surface area (Å²) in [4.78, 5) is 4.09. The minimum atomic E-state index is -0.745. The number of rotatable bonds is 3. The zero-order valence-corrected chi connectivity index (χ0v) is 10.7. The molecule has 3 aromatic rings. The number of pyridine rings is 1. The van der Waals surface area contributed by atoms with Crippen molar-refractivity contribution in [2.24, 2.45) is 0 Å². The Morgan fingerprint density at radius 3 is 2.89 bits per heavy atom. The van der Waals surface area contributed by atoms with Crippen LogP contribution in [0.15, 0.2) is 53.2 Å². The monoisotopic (exact) mass is 253 g/mol. The zero-order chi connectivity index (χ0) is 13.2. The maximum atomic E-state index is 10.5. The highest BCUT2D eigenvalue weighted by Crippen LogP contribution is 2.29. The molecule has 1 atom stereocenters. The number of aliphatic hydroxyl groups excluding tert-OH is 1. The van der Waals surface area contributed by atoms with Crippen molar-refractivity contribution in [3.63, 3.8) is 0 Å². The van der Waals surface area contributed by atoms with Gasteiger partial charge in [0.15, 0.2) is 0 Å². The minimum absolute atomic E-state index is 0.571. The van der Waals surface area contributed by atoms with E-state index in [4.69, 9.17) is 4.42 Å². The fourth-order valence-corrected chi connectivity index (χ4v) is 2.29. The minimum Gasteiger partial charge on any atom is -0.458 e. The van der Waals surface area contributed by atoms with E-state index in [0.29, 0.717) is 5.76 Å². The molecule has 2 aromatic heterocycles. The van der Waals surface area contributed by atoms with Gasteiger partial charge in [-0.1, -0.05) is 25.1 Å². The lowest BCUT2D eigenvalue weighted by atomic mass is 10.0. The van der Waals surface area contributed by atoms with E-state index in [1.807, 2.05) is 43.3 Å². The predicted molar refractivity (Wildman–Crippen MR) is 73.9 cm³/mol. The zero-order valence-electron chi connectivity index (χ0n) is 10.7. The first-order chi connectivity index (χ1) is 9.29. The van der Waals surface area contributed by atoms with Crippen LogP contribution in [0.3, 0.4) is 0 Å². The van der Waals surface area contributed by atoms with E-state index >= 15 is 0 Å². The molecule has 3 heteroatoms. The Labute approximate surface area is 111 Å². The summed E-state index contributed by atoms with van der Waals surface area (Å²) in [6.07, 6.45) is 3.58. The molecule has 19 heavy (non-hydrogen) atoms. The first-order valence-electron chi connectivity index (χ1n) is 6.39. The van der Waals surface area contributed by atoms with E-state index in [0.717, 1.165) is 28.5 Å². The molecule has 0 saturated carbocycles. The molecule has 0 amide bonds. The van der Waals surface area contributed by atoms with Gasteiger partial charge in [0, 0.05) is 17.8 Å². The number of para-hydroxylation sites is 1. The predicted octanol–water partition coefficient (Wildman–Crippen LogP) is 3.47. The van der Waals surface area contributed by atoms with Crippen molar-refractivity contribution in [3.05, 3.63) is 65.7 Å². The quantitative estimate of drug-likeness (QED) is 0.777. The van der Waals surface area contributed by atoms with Gasteiger partial charge in [-0.2, -0.15) is 0 Å². The Kier molecular flexibility index (Phi) is 3.05. The molecular formula is C16H15NO2. The van der Waals surface area contributed by atoms with Crippen LogP contribution in [0.5, 0.6) is 0 Å². The molecule has 1 N–H and O–H groups in total. The Morgan fingerprint density at radius 2 is 2.11 bits per heavy atom. The van der Waals surface area contributed by atoms with Crippen LogP contribution in [-0.4, -0.2) is 10.1 Å². The summed E-state index contributed by atoms with van der Waals surface area (Å²) < 4.78 is 5.71. The van der Waals surface area contributed by atoms with E-state index < -0.39 is 6.10 Å². The molecule has 0 fully saturated rings. The Bertz CT molecular complexity index is 670. The van der Waals surface area contributed by atoms with Crippen LogP contribution in [0.4, 0.5) is 0 Å². The first-order valence-corrected chi connectivity index (χ1v) is 6.39. The molecular weight excluding hydrogens is 238 g/mol. The number of fused-ring (bicyclic) bond motifs is 1. The van der Waals surface area contributed by atoms with E-state index in [-0.39, 0.29) is 0 Å². The number of hydrogen-bond donors (Lipinski definition) is 1. The Morgan fingerprint density at radius 1 is 1.26 bits per heavy atom. The summed E-state index contributed by atoms with van der Waals surface area (Å²) in [6, 6.07) is 11.5. The molecule has 96 valence electrons. The number of aryl methyl sites for hydroxylation is 1. The van der Waals surface area contributed by atoms with Crippen LogP contribution in [0.1, 0.15) is 29.9 Å². The van der Waals surface area contributed by atoms with Gasteiger partial charge in [-0.3, -0.25) is 4.98 Å². The van der Waals surface area contributed by atoms with Crippen molar-refractivity contribution in [2.45, 2.75) is 19.4 Å². The summed E-state index contributed by atoms with van der Waals surface area (Å²) in [5.41, 5.74) is 2.69. The first kappa shape index (κ1) is 11.9. The molecule has 0 aliphatic rings. The number of aliphatic hydroxyl groups is 1. The van der Waals surface area contributed by atoms with Crippen LogP contribution in [0.2, 0.25) is 0 Å². The molecule has 3 rings (SSSR count). The second-order valence-electron chi connectivity index (χ2n) is 4.52. The van der Waals surface area contributed by atoms with Gasteiger partial charge in [-0.15, -0.1) is 0 Å². The highest BCUT2D eigenvalue weighted by Gasteiger charge is 2.17. The largest absolute Gasteiger partial charge is 0.458 e. The van der Waals surface area contributed by atoms with Crippen molar-refractivity contribution in [3.8, 4) is 0 Å². The molecule has 0 radical (unpaired) electrons. The van der Waals surface area contributed by atoms with Gasteiger partial charge in [-0.25, -0.2) is 0 Å². The van der Waals surface area contributed by atoms with Crippen LogP contribution in [0, 0.1) is 0 Å². The van der Waals surface area contributed by atoms with E-state index in [1.165, 1.54) is 0 Å². The van der Waals surface area contributed by atoms with Gasteiger partial charge in [0.25, 0.3) is 0 Å². The second kappa shape index (κ2) is 4.86. The molecule has 2 heterocycles. The molecule has 3 nitrogen and oxygen atoms in total. The van der Waals surface area contributed by atoms with Crippen molar-refractivity contribution in [1.82, 2.24) is 4.98 Å². The lowest BCUT2D eigenvalue weighted by molar-refractivity contribution is 0.191. The topological polar surface area (TPSA) is 46.3 Å². The summed E-state index contributed by atoms with van der Waals surface area (Å²) in [6.45, 7) is 2.05. The molecule has 0 aliphatic carbocycles. The number of furan rings is 1. The molecule has 1 unspecified atom stereocenters. The molecule has 0 bridgehead atoms. The van der Waals surface area contributed by atoms with Crippen LogP contribution in [0.25, 0.3) is 11.0 Å². The third kappa shape index (κ3) is 2.13. The van der Waals surface area contributed by atoms with Gasteiger partial charge >= 0.3 is 0 Å². The molecule has 1 aromatic carbocycles. The average Bonchev–Trinajstić information content (AvgIpc) is 2.90.